The summed E-state index contributed by atoms with van der Waals surface area (Å²) in [7, 11) is 3.24. The first-order valence-corrected chi connectivity index (χ1v) is 9.84. The summed E-state index contributed by atoms with van der Waals surface area (Å²) in [6.45, 7) is 7.01. The van der Waals surface area contributed by atoms with Crippen LogP contribution in [-0.4, -0.2) is 36.2 Å². The van der Waals surface area contributed by atoms with Gasteiger partial charge < -0.3 is 4.57 Å². The minimum Gasteiger partial charge on any atom is -0.321 e. The number of fused-ring (bicyclic) bond motifs is 1. The Morgan fingerprint density at radius 3 is 2.58 bits per heavy atom. The number of aryl methyl sites for hydroxylation is 2. The summed E-state index contributed by atoms with van der Waals surface area (Å²) in [6.07, 6.45) is 6.94. The fourth-order valence-electron chi connectivity index (χ4n) is 3.95. The van der Waals surface area contributed by atoms with E-state index in [1.54, 1.807) is 14.1 Å². The van der Waals surface area contributed by atoms with Crippen LogP contribution in [0, 0.1) is 0 Å². The highest BCUT2D eigenvalue weighted by Gasteiger charge is 2.23. The predicted molar refractivity (Wildman–Crippen MR) is 103 cm³/mol. The first-order valence-electron chi connectivity index (χ1n) is 9.84. The summed E-state index contributed by atoms with van der Waals surface area (Å²) in [5.41, 5.74) is 0.503. The molecule has 1 aliphatic heterocycles. The Morgan fingerprint density at radius 1 is 1.12 bits per heavy atom. The third-order valence-corrected chi connectivity index (χ3v) is 5.70. The normalized spacial score (nSPS) is 18.7. The topological polar surface area (TPSA) is 65.1 Å². The first-order chi connectivity index (χ1) is 12.5. The molecule has 0 bridgehead atoms. The summed E-state index contributed by atoms with van der Waals surface area (Å²) >= 11 is 0. The van der Waals surface area contributed by atoms with Crippen LogP contribution in [0.1, 0.15) is 58.2 Å². The van der Waals surface area contributed by atoms with Gasteiger partial charge in [-0.2, -0.15) is 0 Å². The zero-order chi connectivity index (χ0) is 18.8. The molecule has 7 nitrogen and oxygen atoms in total. The van der Waals surface area contributed by atoms with E-state index in [1.165, 1.54) is 28.4 Å². The molecule has 0 amide bonds. The second kappa shape index (κ2) is 7.78. The van der Waals surface area contributed by atoms with E-state index in [4.69, 9.17) is 4.98 Å². The molecule has 1 atom stereocenters. The Kier molecular flexibility index (Phi) is 5.65. The zero-order valence-electron chi connectivity index (χ0n) is 16.5. The van der Waals surface area contributed by atoms with Gasteiger partial charge in [-0.15, -0.1) is 0 Å². The van der Waals surface area contributed by atoms with Crippen LogP contribution in [0.4, 0.5) is 0 Å². The van der Waals surface area contributed by atoms with Gasteiger partial charge in [0.2, 0.25) is 0 Å². The molecule has 0 radical (unpaired) electrons. The monoisotopic (exact) mass is 361 g/mol. The third kappa shape index (κ3) is 3.37. The lowest BCUT2D eigenvalue weighted by molar-refractivity contribution is 0.147. The molecule has 1 saturated heterocycles. The summed E-state index contributed by atoms with van der Waals surface area (Å²) in [5, 5.41) is 0. The molecule has 2 aromatic heterocycles. The van der Waals surface area contributed by atoms with Gasteiger partial charge in [-0.3, -0.25) is 18.8 Å². The highest BCUT2D eigenvalue weighted by molar-refractivity contribution is 5.71. The number of likely N-dealkylation sites (tertiary alicyclic amines) is 1. The maximum absolute atomic E-state index is 12.8. The van der Waals surface area contributed by atoms with Crippen molar-refractivity contribution in [3.63, 3.8) is 0 Å². The predicted octanol–water partition coefficient (Wildman–Crippen LogP) is 2.00. The van der Waals surface area contributed by atoms with Gasteiger partial charge in [0.25, 0.3) is 5.56 Å². The number of piperidine rings is 1. The van der Waals surface area contributed by atoms with Gasteiger partial charge in [-0.25, -0.2) is 9.78 Å². The summed E-state index contributed by atoms with van der Waals surface area (Å²) < 4.78 is 4.75. The maximum Gasteiger partial charge on any atom is 0.332 e. The number of imidazole rings is 1. The van der Waals surface area contributed by atoms with E-state index in [2.05, 4.69) is 23.3 Å². The van der Waals surface area contributed by atoms with E-state index < -0.39 is 0 Å². The molecule has 3 heterocycles. The Morgan fingerprint density at radius 2 is 1.88 bits per heavy atom. The first kappa shape index (κ1) is 18.9. The van der Waals surface area contributed by atoms with Crippen molar-refractivity contribution < 1.29 is 0 Å². The van der Waals surface area contributed by atoms with Crippen LogP contribution in [0.5, 0.6) is 0 Å². The van der Waals surface area contributed by atoms with E-state index in [1.807, 2.05) is 0 Å². The number of unbranched alkanes of at least 4 members (excludes halogenated alkanes) is 2. The van der Waals surface area contributed by atoms with Crippen molar-refractivity contribution in [2.45, 2.75) is 71.5 Å². The van der Waals surface area contributed by atoms with Crippen molar-refractivity contribution in [2.24, 2.45) is 14.1 Å². The van der Waals surface area contributed by atoms with E-state index in [0.717, 1.165) is 44.7 Å². The summed E-state index contributed by atoms with van der Waals surface area (Å²) in [6, 6.07) is 0.527. The molecule has 0 saturated carbocycles. The molecule has 1 aliphatic rings. The van der Waals surface area contributed by atoms with Crippen molar-refractivity contribution in [1.29, 1.82) is 0 Å². The van der Waals surface area contributed by atoms with Crippen molar-refractivity contribution in [3.05, 3.63) is 26.7 Å². The van der Waals surface area contributed by atoms with Gasteiger partial charge in [0.15, 0.2) is 11.2 Å². The van der Waals surface area contributed by atoms with Crippen LogP contribution < -0.4 is 11.2 Å². The molecule has 26 heavy (non-hydrogen) atoms. The Hall–Kier alpha value is -1.89. The molecule has 7 heteroatoms. The fraction of sp³-hybridized carbons (Fsp3) is 0.737. The average Bonchev–Trinajstić information content (AvgIpc) is 2.99. The minimum absolute atomic E-state index is 0.245. The lowest BCUT2D eigenvalue weighted by Gasteiger charge is -2.33. The lowest BCUT2D eigenvalue weighted by atomic mass is 10.0. The molecule has 144 valence electrons. The van der Waals surface area contributed by atoms with Crippen LogP contribution in [0.15, 0.2) is 9.59 Å². The van der Waals surface area contributed by atoms with Gasteiger partial charge >= 0.3 is 5.69 Å². The SMILES string of the molecule is CCCCCn1c(CN2CCCC[C@@H]2C)nc2c1c(=O)n(C)c(=O)n2C. The zero-order valence-corrected chi connectivity index (χ0v) is 16.5. The van der Waals surface area contributed by atoms with Gasteiger partial charge in [0, 0.05) is 26.7 Å². The summed E-state index contributed by atoms with van der Waals surface area (Å²) in [4.78, 5) is 32.3. The Labute approximate surface area is 154 Å². The second-order valence-corrected chi connectivity index (χ2v) is 7.58. The largest absolute Gasteiger partial charge is 0.332 e. The number of rotatable bonds is 6. The summed E-state index contributed by atoms with van der Waals surface area (Å²) in [5.74, 6) is 0.906. The molecule has 0 aliphatic carbocycles. The molecule has 0 spiro atoms. The smallest absolute Gasteiger partial charge is 0.321 e. The molecule has 0 unspecified atom stereocenters. The van der Waals surface area contributed by atoms with Gasteiger partial charge in [-0.1, -0.05) is 26.2 Å². The molecule has 0 N–H and O–H groups in total. The van der Waals surface area contributed by atoms with Crippen LogP contribution in [0.25, 0.3) is 11.2 Å². The highest BCUT2D eigenvalue weighted by Crippen LogP contribution is 2.21. The number of hydrogen-bond acceptors (Lipinski definition) is 4. The molecular formula is C19H31N5O2. The van der Waals surface area contributed by atoms with Crippen LogP contribution >= 0.6 is 0 Å². The van der Waals surface area contributed by atoms with Gasteiger partial charge in [-0.05, 0) is 32.7 Å². The number of aromatic nitrogens is 4. The number of nitrogens with zero attached hydrogens (tertiary/aromatic N) is 5. The van der Waals surface area contributed by atoms with Crippen molar-refractivity contribution >= 4 is 11.2 Å². The second-order valence-electron chi connectivity index (χ2n) is 7.58. The molecule has 2 aromatic rings. The quantitative estimate of drug-likeness (QED) is 0.738. The minimum atomic E-state index is -0.321. The average molecular weight is 361 g/mol. The van der Waals surface area contributed by atoms with Gasteiger partial charge in [0.1, 0.15) is 5.82 Å². The van der Waals surface area contributed by atoms with E-state index in [9.17, 15) is 9.59 Å². The molecular weight excluding hydrogens is 330 g/mol. The van der Waals surface area contributed by atoms with Crippen molar-refractivity contribution in [1.82, 2.24) is 23.6 Å². The van der Waals surface area contributed by atoms with E-state index in [-0.39, 0.29) is 11.2 Å². The van der Waals surface area contributed by atoms with E-state index >= 15 is 0 Å². The third-order valence-electron chi connectivity index (χ3n) is 5.70. The van der Waals surface area contributed by atoms with Crippen molar-refractivity contribution in [2.75, 3.05) is 6.54 Å². The maximum atomic E-state index is 12.8. The Balaban J connectivity index is 2.09. The van der Waals surface area contributed by atoms with Gasteiger partial charge in [0.05, 0.1) is 6.54 Å². The standard InChI is InChI=1S/C19H31N5O2/c1-5-6-8-12-24-15(13-23-11-9-7-10-14(23)2)20-17-16(24)18(25)22(4)19(26)21(17)3/h14H,5-13H2,1-4H3/t14-/m0/s1. The fourth-order valence-corrected chi connectivity index (χ4v) is 3.95. The molecule has 3 rings (SSSR count). The van der Waals surface area contributed by atoms with Crippen molar-refractivity contribution in [3.8, 4) is 0 Å². The molecule has 1 fully saturated rings. The lowest BCUT2D eigenvalue weighted by Crippen LogP contribution is -2.38. The molecule has 0 aromatic carbocycles. The Bertz CT molecular complexity index is 892. The highest BCUT2D eigenvalue weighted by atomic mass is 16.2. The van der Waals surface area contributed by atoms with Crippen LogP contribution in [0.2, 0.25) is 0 Å². The van der Waals surface area contributed by atoms with Crippen LogP contribution in [0.3, 0.4) is 0 Å². The van der Waals surface area contributed by atoms with E-state index in [0.29, 0.717) is 17.2 Å². The number of hydrogen-bond donors (Lipinski definition) is 0. The van der Waals surface area contributed by atoms with Crippen LogP contribution in [-0.2, 0) is 27.2 Å².